The second-order valence-electron chi connectivity index (χ2n) is 7.14. The summed E-state index contributed by atoms with van der Waals surface area (Å²) in [6.45, 7) is 5.80. The second-order valence-corrected chi connectivity index (χ2v) is 7.14. The van der Waals surface area contributed by atoms with Gasteiger partial charge in [0.1, 0.15) is 12.4 Å². The minimum absolute atomic E-state index is 0.135. The van der Waals surface area contributed by atoms with E-state index in [0.717, 1.165) is 43.2 Å². The number of piperazine rings is 1. The molecule has 0 unspecified atom stereocenters. The summed E-state index contributed by atoms with van der Waals surface area (Å²) in [5.74, 6) is -0.135. The summed E-state index contributed by atoms with van der Waals surface area (Å²) in [6, 6.07) is 7.94. The maximum atomic E-state index is 12.2. The summed E-state index contributed by atoms with van der Waals surface area (Å²) in [7, 11) is 0. The van der Waals surface area contributed by atoms with Gasteiger partial charge < -0.3 is 19.9 Å². The molecule has 1 aromatic carbocycles. The fourth-order valence-corrected chi connectivity index (χ4v) is 3.62. The Kier molecular flexibility index (Phi) is 5.46. The van der Waals surface area contributed by atoms with E-state index in [1.165, 1.54) is 6.92 Å². The highest BCUT2D eigenvalue weighted by molar-refractivity contribution is 5.90. The third-order valence-corrected chi connectivity index (χ3v) is 5.17. The predicted molar refractivity (Wildman–Crippen MR) is 109 cm³/mol. The smallest absolute Gasteiger partial charge is 0.414 e. The lowest BCUT2D eigenvalue weighted by atomic mass is 10.2. The quantitative estimate of drug-likeness (QED) is 0.814. The molecular weight excluding hydrogens is 372 g/mol. The summed E-state index contributed by atoms with van der Waals surface area (Å²) in [5.41, 5.74) is 2.97. The molecule has 0 bridgehead atoms. The molecule has 2 aromatic rings. The summed E-state index contributed by atoms with van der Waals surface area (Å²) in [5, 5.41) is 2.69. The van der Waals surface area contributed by atoms with Crippen molar-refractivity contribution in [2.45, 2.75) is 13.0 Å². The third kappa shape index (κ3) is 4.39. The van der Waals surface area contributed by atoms with Gasteiger partial charge in [0.25, 0.3) is 0 Å². The van der Waals surface area contributed by atoms with E-state index in [1.54, 1.807) is 11.2 Å². The van der Waals surface area contributed by atoms with Crippen LogP contribution in [0, 0.1) is 0 Å². The number of nitrogens with one attached hydrogen (secondary N) is 1. The summed E-state index contributed by atoms with van der Waals surface area (Å²) < 4.78 is 5.33. The highest BCUT2D eigenvalue weighted by atomic mass is 16.6. The van der Waals surface area contributed by atoms with Crippen LogP contribution in [0.2, 0.25) is 0 Å². The number of anilines is 3. The molecule has 4 rings (SSSR count). The molecule has 9 heteroatoms. The molecule has 2 fully saturated rings. The topological polar surface area (TPSA) is 90.9 Å². The molecule has 152 valence electrons. The fraction of sp³-hybridized carbons (Fsp3) is 0.400. The van der Waals surface area contributed by atoms with Gasteiger partial charge in [0.15, 0.2) is 0 Å². The van der Waals surface area contributed by atoms with Crippen molar-refractivity contribution in [3.05, 3.63) is 43.0 Å². The molecular formula is C20H24N6O3. The van der Waals surface area contributed by atoms with Crippen LogP contribution in [0.4, 0.5) is 21.9 Å². The van der Waals surface area contributed by atoms with Crippen molar-refractivity contribution < 1.29 is 14.3 Å². The standard InChI is InChI=1S/C20H24N6O3/c1-15(27)23-12-19-13-26(20(28)29-19)17-4-2-16(3-5-17)24-6-8-25(9-7-24)18-10-21-14-22-11-18/h2-5,10-11,14,19H,6-9,12-13H2,1H3,(H,23,27)/t19-/m0/s1. The van der Waals surface area contributed by atoms with Crippen molar-refractivity contribution in [1.82, 2.24) is 15.3 Å². The SMILES string of the molecule is CC(=O)NC[C@H]1CN(c2ccc(N3CCN(c4cncnc4)CC3)cc2)C(=O)O1. The molecule has 29 heavy (non-hydrogen) atoms. The molecule has 1 atom stereocenters. The number of nitrogens with zero attached hydrogens (tertiary/aromatic N) is 5. The van der Waals surface area contributed by atoms with E-state index in [2.05, 4.69) is 25.1 Å². The first-order chi connectivity index (χ1) is 14.1. The normalized spacial score (nSPS) is 19.3. The Morgan fingerprint density at radius 1 is 1.03 bits per heavy atom. The molecule has 2 aliphatic heterocycles. The number of rotatable bonds is 5. The fourth-order valence-electron chi connectivity index (χ4n) is 3.62. The van der Waals surface area contributed by atoms with Gasteiger partial charge in [-0.15, -0.1) is 0 Å². The summed E-state index contributed by atoms with van der Waals surface area (Å²) >= 11 is 0. The van der Waals surface area contributed by atoms with E-state index in [9.17, 15) is 9.59 Å². The summed E-state index contributed by atoms with van der Waals surface area (Å²) in [4.78, 5) is 37.6. The molecule has 3 heterocycles. The van der Waals surface area contributed by atoms with Gasteiger partial charge in [0.05, 0.1) is 31.2 Å². The van der Waals surface area contributed by atoms with Gasteiger partial charge in [-0.05, 0) is 24.3 Å². The molecule has 2 aliphatic rings. The van der Waals surface area contributed by atoms with Crippen molar-refractivity contribution >= 4 is 29.1 Å². The number of carbonyl (C=O) groups is 2. The second kappa shape index (κ2) is 8.34. The van der Waals surface area contributed by atoms with Crippen LogP contribution in [0.15, 0.2) is 43.0 Å². The average Bonchev–Trinajstić information content (AvgIpc) is 3.14. The number of benzene rings is 1. The molecule has 0 saturated carbocycles. The van der Waals surface area contributed by atoms with E-state index in [4.69, 9.17) is 4.74 Å². The number of aromatic nitrogens is 2. The lowest BCUT2D eigenvalue weighted by molar-refractivity contribution is -0.119. The van der Waals surface area contributed by atoms with Crippen molar-refractivity contribution in [1.29, 1.82) is 0 Å². The highest BCUT2D eigenvalue weighted by Gasteiger charge is 2.32. The number of hydrogen-bond acceptors (Lipinski definition) is 7. The van der Waals surface area contributed by atoms with Crippen molar-refractivity contribution in [3.8, 4) is 0 Å². The Labute approximate surface area is 169 Å². The predicted octanol–water partition coefficient (Wildman–Crippen LogP) is 1.26. The number of amides is 2. The number of cyclic esters (lactones) is 1. The minimum atomic E-state index is -0.383. The van der Waals surface area contributed by atoms with E-state index in [0.29, 0.717) is 13.1 Å². The van der Waals surface area contributed by atoms with E-state index < -0.39 is 0 Å². The maximum Gasteiger partial charge on any atom is 0.414 e. The van der Waals surface area contributed by atoms with Gasteiger partial charge in [-0.25, -0.2) is 14.8 Å². The van der Waals surface area contributed by atoms with Crippen LogP contribution in [0.5, 0.6) is 0 Å². The number of ether oxygens (including phenoxy) is 1. The molecule has 2 amide bonds. The van der Waals surface area contributed by atoms with Gasteiger partial charge in [-0.3, -0.25) is 9.69 Å². The van der Waals surface area contributed by atoms with Crippen LogP contribution in [-0.4, -0.2) is 67.3 Å². The van der Waals surface area contributed by atoms with Crippen molar-refractivity contribution in [2.24, 2.45) is 0 Å². The summed E-state index contributed by atoms with van der Waals surface area (Å²) in [6.07, 6.45) is 4.50. The zero-order valence-electron chi connectivity index (χ0n) is 16.3. The van der Waals surface area contributed by atoms with Gasteiger partial charge in [0.2, 0.25) is 5.91 Å². The molecule has 0 aliphatic carbocycles. The molecule has 0 radical (unpaired) electrons. The minimum Gasteiger partial charge on any atom is -0.442 e. The van der Waals surface area contributed by atoms with E-state index in [-0.39, 0.29) is 18.1 Å². The molecule has 2 saturated heterocycles. The zero-order chi connectivity index (χ0) is 20.2. The van der Waals surface area contributed by atoms with Gasteiger partial charge in [-0.1, -0.05) is 0 Å². The first kappa shape index (κ1) is 19.0. The van der Waals surface area contributed by atoms with Gasteiger partial charge in [0, 0.05) is 44.5 Å². The van der Waals surface area contributed by atoms with Crippen LogP contribution in [-0.2, 0) is 9.53 Å². The Balaban J connectivity index is 1.34. The van der Waals surface area contributed by atoms with E-state index >= 15 is 0 Å². The molecule has 1 aromatic heterocycles. The Bertz CT molecular complexity index is 852. The zero-order valence-corrected chi connectivity index (χ0v) is 16.3. The average molecular weight is 396 g/mol. The van der Waals surface area contributed by atoms with Gasteiger partial charge >= 0.3 is 6.09 Å². The Morgan fingerprint density at radius 2 is 1.62 bits per heavy atom. The maximum absolute atomic E-state index is 12.2. The Hall–Kier alpha value is -3.36. The van der Waals surface area contributed by atoms with Gasteiger partial charge in [-0.2, -0.15) is 0 Å². The monoisotopic (exact) mass is 396 g/mol. The lowest BCUT2D eigenvalue weighted by Gasteiger charge is -2.37. The molecule has 1 N–H and O–H groups in total. The van der Waals surface area contributed by atoms with Crippen LogP contribution < -0.4 is 20.0 Å². The van der Waals surface area contributed by atoms with Crippen molar-refractivity contribution in [3.63, 3.8) is 0 Å². The van der Waals surface area contributed by atoms with Crippen LogP contribution in [0.25, 0.3) is 0 Å². The Morgan fingerprint density at radius 3 is 2.24 bits per heavy atom. The largest absolute Gasteiger partial charge is 0.442 e. The number of carbonyl (C=O) groups excluding carboxylic acids is 2. The first-order valence-corrected chi connectivity index (χ1v) is 9.68. The number of hydrogen-bond donors (Lipinski definition) is 1. The lowest BCUT2D eigenvalue weighted by Crippen LogP contribution is -2.46. The first-order valence-electron chi connectivity index (χ1n) is 9.68. The molecule has 0 spiro atoms. The van der Waals surface area contributed by atoms with Crippen molar-refractivity contribution in [2.75, 3.05) is 54.0 Å². The molecule has 9 nitrogen and oxygen atoms in total. The third-order valence-electron chi connectivity index (χ3n) is 5.17. The van der Waals surface area contributed by atoms with Crippen LogP contribution in [0.1, 0.15) is 6.92 Å². The highest BCUT2D eigenvalue weighted by Crippen LogP contribution is 2.26. The van der Waals surface area contributed by atoms with Crippen LogP contribution >= 0.6 is 0 Å². The van der Waals surface area contributed by atoms with Crippen LogP contribution in [0.3, 0.4) is 0 Å². The van der Waals surface area contributed by atoms with E-state index in [1.807, 2.05) is 36.7 Å².